The van der Waals surface area contributed by atoms with E-state index in [0.29, 0.717) is 18.0 Å². The van der Waals surface area contributed by atoms with Crippen LogP contribution in [-0.4, -0.2) is 33.2 Å². The van der Waals surface area contributed by atoms with E-state index in [-0.39, 0.29) is 5.69 Å². The Kier molecular flexibility index (Phi) is 6.20. The molecule has 0 unspecified atom stereocenters. The Labute approximate surface area is 152 Å². The molecule has 2 aromatic carbocycles. The van der Waals surface area contributed by atoms with Crippen LogP contribution >= 0.6 is 0 Å². The van der Waals surface area contributed by atoms with Gasteiger partial charge in [-0.1, -0.05) is 0 Å². The van der Waals surface area contributed by atoms with Gasteiger partial charge in [-0.15, -0.1) is 0 Å². The Bertz CT molecular complexity index is 852. The SMILES string of the molecule is CCOc1ccc(NC(=O)[C@H](C)N(c2ccc(F)cc2)S(C)(=O)=O)cc1. The second-order valence-corrected chi connectivity index (χ2v) is 7.52. The molecular formula is C18H21FN2O4S. The fourth-order valence-electron chi connectivity index (χ4n) is 2.44. The molecule has 0 radical (unpaired) electrons. The van der Waals surface area contributed by atoms with Gasteiger partial charge in [0.05, 0.1) is 18.6 Å². The second kappa shape index (κ2) is 8.18. The van der Waals surface area contributed by atoms with Crippen LogP contribution < -0.4 is 14.4 Å². The second-order valence-electron chi connectivity index (χ2n) is 5.66. The molecule has 0 aromatic heterocycles. The van der Waals surface area contributed by atoms with Crippen molar-refractivity contribution < 1.29 is 22.3 Å². The van der Waals surface area contributed by atoms with E-state index < -0.39 is 27.8 Å². The van der Waals surface area contributed by atoms with Crippen molar-refractivity contribution >= 4 is 27.3 Å². The summed E-state index contributed by atoms with van der Waals surface area (Å²) in [6.07, 6.45) is 0.997. The van der Waals surface area contributed by atoms with Crippen LogP contribution in [0.1, 0.15) is 13.8 Å². The van der Waals surface area contributed by atoms with Crippen LogP contribution in [0.15, 0.2) is 48.5 Å². The molecule has 6 nitrogen and oxygen atoms in total. The summed E-state index contributed by atoms with van der Waals surface area (Å²) < 4.78 is 43.7. The Morgan fingerprint density at radius 2 is 1.73 bits per heavy atom. The molecule has 8 heteroatoms. The number of nitrogens with one attached hydrogen (secondary N) is 1. The summed E-state index contributed by atoms with van der Waals surface area (Å²) in [5.74, 6) is -0.333. The molecule has 0 saturated heterocycles. The number of nitrogens with zero attached hydrogens (tertiary/aromatic N) is 1. The van der Waals surface area contributed by atoms with Crippen LogP contribution in [0.2, 0.25) is 0 Å². The molecule has 0 spiro atoms. The third-order valence-corrected chi connectivity index (χ3v) is 4.84. The molecule has 1 atom stereocenters. The summed E-state index contributed by atoms with van der Waals surface area (Å²) in [6.45, 7) is 3.87. The maximum Gasteiger partial charge on any atom is 0.247 e. The number of carbonyl (C=O) groups is 1. The van der Waals surface area contributed by atoms with Crippen molar-refractivity contribution in [1.82, 2.24) is 0 Å². The number of hydrogen-bond acceptors (Lipinski definition) is 4. The maximum atomic E-state index is 13.1. The van der Waals surface area contributed by atoms with E-state index in [4.69, 9.17) is 4.74 Å². The van der Waals surface area contributed by atoms with Crippen molar-refractivity contribution in [3.63, 3.8) is 0 Å². The van der Waals surface area contributed by atoms with E-state index in [1.54, 1.807) is 24.3 Å². The zero-order valence-electron chi connectivity index (χ0n) is 14.8. The van der Waals surface area contributed by atoms with Crippen molar-refractivity contribution in [3.05, 3.63) is 54.3 Å². The van der Waals surface area contributed by atoms with Crippen molar-refractivity contribution in [3.8, 4) is 5.75 Å². The van der Waals surface area contributed by atoms with Crippen LogP contribution in [0.3, 0.4) is 0 Å². The number of carbonyl (C=O) groups excluding carboxylic acids is 1. The predicted molar refractivity (Wildman–Crippen MR) is 99.4 cm³/mol. The van der Waals surface area contributed by atoms with Crippen LogP contribution in [0.25, 0.3) is 0 Å². The van der Waals surface area contributed by atoms with Crippen LogP contribution in [0.5, 0.6) is 5.75 Å². The van der Waals surface area contributed by atoms with Gasteiger partial charge in [0.15, 0.2) is 0 Å². The zero-order valence-corrected chi connectivity index (χ0v) is 15.6. The van der Waals surface area contributed by atoms with Crippen molar-refractivity contribution in [1.29, 1.82) is 0 Å². The Balaban J connectivity index is 2.20. The standard InChI is InChI=1S/C18H21FN2O4S/c1-4-25-17-11-7-15(8-12-17)20-18(22)13(2)21(26(3,23)24)16-9-5-14(19)6-10-16/h5-13H,4H2,1-3H3,(H,20,22)/t13-/m0/s1. The van der Waals surface area contributed by atoms with E-state index in [9.17, 15) is 17.6 Å². The Morgan fingerprint density at radius 1 is 1.15 bits per heavy atom. The number of sulfonamides is 1. The summed E-state index contributed by atoms with van der Waals surface area (Å²) >= 11 is 0. The molecule has 2 aromatic rings. The van der Waals surface area contributed by atoms with Crippen LogP contribution in [0.4, 0.5) is 15.8 Å². The molecule has 0 saturated carbocycles. The fourth-order valence-corrected chi connectivity index (χ4v) is 3.62. The minimum absolute atomic E-state index is 0.211. The quantitative estimate of drug-likeness (QED) is 0.801. The Hall–Kier alpha value is -2.61. The molecule has 0 bridgehead atoms. The number of hydrogen-bond donors (Lipinski definition) is 1. The Morgan fingerprint density at radius 3 is 2.23 bits per heavy atom. The zero-order chi connectivity index (χ0) is 19.3. The topological polar surface area (TPSA) is 75.7 Å². The van der Waals surface area contributed by atoms with Crippen LogP contribution in [-0.2, 0) is 14.8 Å². The lowest BCUT2D eigenvalue weighted by molar-refractivity contribution is -0.116. The first-order valence-corrected chi connectivity index (χ1v) is 9.86. The lowest BCUT2D eigenvalue weighted by Crippen LogP contribution is -2.45. The molecule has 0 aliphatic heterocycles. The first kappa shape index (κ1) is 19.7. The van der Waals surface area contributed by atoms with Gasteiger partial charge in [0.25, 0.3) is 0 Å². The summed E-state index contributed by atoms with van der Waals surface area (Å²) in [4.78, 5) is 12.5. The molecule has 0 aliphatic rings. The van der Waals surface area contributed by atoms with Gasteiger partial charge in [-0.05, 0) is 62.4 Å². The van der Waals surface area contributed by atoms with Gasteiger partial charge >= 0.3 is 0 Å². The summed E-state index contributed by atoms with van der Waals surface area (Å²) in [5, 5.41) is 2.67. The highest BCUT2D eigenvalue weighted by atomic mass is 32.2. The summed E-state index contributed by atoms with van der Waals surface area (Å²) in [7, 11) is -3.75. The van der Waals surface area contributed by atoms with Gasteiger partial charge in [-0.3, -0.25) is 9.10 Å². The average molecular weight is 380 g/mol. The molecule has 1 N–H and O–H groups in total. The summed E-state index contributed by atoms with van der Waals surface area (Å²) in [6, 6.07) is 10.6. The number of benzene rings is 2. The normalized spacial score (nSPS) is 12.3. The van der Waals surface area contributed by atoms with Crippen molar-refractivity contribution in [2.45, 2.75) is 19.9 Å². The van der Waals surface area contributed by atoms with Gasteiger partial charge in [0.2, 0.25) is 15.9 Å². The van der Waals surface area contributed by atoms with E-state index in [2.05, 4.69) is 5.32 Å². The molecule has 2 rings (SSSR count). The van der Waals surface area contributed by atoms with E-state index in [1.807, 2.05) is 6.92 Å². The van der Waals surface area contributed by atoms with Gasteiger partial charge < -0.3 is 10.1 Å². The molecule has 140 valence electrons. The first-order valence-electron chi connectivity index (χ1n) is 8.01. The van der Waals surface area contributed by atoms with Crippen molar-refractivity contribution in [2.75, 3.05) is 22.5 Å². The summed E-state index contributed by atoms with van der Waals surface area (Å²) in [5.41, 5.74) is 0.723. The third kappa shape index (κ3) is 4.95. The van der Waals surface area contributed by atoms with Gasteiger partial charge in [-0.25, -0.2) is 12.8 Å². The number of anilines is 2. The van der Waals surface area contributed by atoms with E-state index in [1.165, 1.54) is 19.1 Å². The maximum absolute atomic E-state index is 13.1. The van der Waals surface area contributed by atoms with Gasteiger partial charge in [-0.2, -0.15) is 0 Å². The van der Waals surface area contributed by atoms with Gasteiger partial charge in [0, 0.05) is 5.69 Å². The number of halogens is 1. The largest absolute Gasteiger partial charge is 0.494 e. The molecule has 26 heavy (non-hydrogen) atoms. The highest BCUT2D eigenvalue weighted by Crippen LogP contribution is 2.22. The monoisotopic (exact) mass is 380 g/mol. The van der Waals surface area contributed by atoms with Gasteiger partial charge in [0.1, 0.15) is 17.6 Å². The highest BCUT2D eigenvalue weighted by Gasteiger charge is 2.29. The first-order chi connectivity index (χ1) is 12.2. The number of ether oxygens (including phenoxy) is 1. The molecule has 0 heterocycles. The lowest BCUT2D eigenvalue weighted by atomic mass is 10.2. The smallest absolute Gasteiger partial charge is 0.247 e. The number of rotatable bonds is 7. The van der Waals surface area contributed by atoms with Crippen LogP contribution in [0, 0.1) is 5.82 Å². The predicted octanol–water partition coefficient (Wildman–Crippen LogP) is 3.02. The highest BCUT2D eigenvalue weighted by molar-refractivity contribution is 7.92. The fraction of sp³-hybridized carbons (Fsp3) is 0.278. The minimum atomic E-state index is -3.75. The third-order valence-electron chi connectivity index (χ3n) is 3.60. The molecule has 0 fully saturated rings. The van der Waals surface area contributed by atoms with Crippen molar-refractivity contribution in [2.24, 2.45) is 0 Å². The molecule has 1 amide bonds. The average Bonchev–Trinajstić information content (AvgIpc) is 2.57. The minimum Gasteiger partial charge on any atom is -0.494 e. The molecule has 0 aliphatic carbocycles. The van der Waals surface area contributed by atoms with E-state index in [0.717, 1.165) is 22.7 Å². The molecular weight excluding hydrogens is 359 g/mol. The van der Waals surface area contributed by atoms with E-state index >= 15 is 0 Å². The number of amides is 1. The lowest BCUT2D eigenvalue weighted by Gasteiger charge is -2.28.